The maximum atomic E-state index is 13.9. The van der Waals surface area contributed by atoms with Crippen molar-refractivity contribution in [3.8, 4) is 17.5 Å². The molecule has 1 aromatic carbocycles. The van der Waals surface area contributed by atoms with Gasteiger partial charge in [-0.25, -0.2) is 9.97 Å². The smallest absolute Gasteiger partial charge is 0.237 e. The zero-order valence-corrected chi connectivity index (χ0v) is 26.7. The van der Waals surface area contributed by atoms with Gasteiger partial charge in [0.05, 0.1) is 35.5 Å². The Morgan fingerprint density at radius 3 is 2.56 bits per heavy atom. The first-order valence-corrected chi connectivity index (χ1v) is 16.3. The number of nitrogens with zero attached hydrogens (tertiary/aromatic N) is 10. The molecule has 2 amide bonds. The van der Waals surface area contributed by atoms with Crippen molar-refractivity contribution < 1.29 is 9.59 Å². The molecular weight excluding hydrogens is 604 g/mol. The normalized spacial score (nSPS) is 20.6. The molecule has 12 heteroatoms. The van der Waals surface area contributed by atoms with E-state index in [4.69, 9.17) is 10.2 Å². The molecule has 12 nitrogen and oxygen atoms in total. The maximum Gasteiger partial charge on any atom is 0.237 e. The van der Waals surface area contributed by atoms with Gasteiger partial charge in [-0.1, -0.05) is 36.4 Å². The van der Waals surface area contributed by atoms with Gasteiger partial charge in [-0.05, 0) is 55.1 Å². The summed E-state index contributed by atoms with van der Waals surface area (Å²) in [6.45, 7) is 3.96. The number of benzene rings is 1. The SMILES string of the molecule is Cn1cnc(-c2ccc(C3=CCN(C(=O)CN4CC[C@]5(CCN(c6ccc7c(n6)C(c6ccc(C#N)cn6)=NC7)C5=O)C4)CC3)cc2)n1. The van der Waals surface area contributed by atoms with Crippen LogP contribution in [0.15, 0.2) is 72.1 Å². The van der Waals surface area contributed by atoms with Gasteiger partial charge in [0.1, 0.15) is 23.9 Å². The van der Waals surface area contributed by atoms with Gasteiger partial charge in [-0.2, -0.15) is 10.4 Å². The van der Waals surface area contributed by atoms with Crippen molar-refractivity contribution in [2.45, 2.75) is 25.8 Å². The Labute approximate surface area is 278 Å². The van der Waals surface area contributed by atoms with Gasteiger partial charge in [0.15, 0.2) is 5.82 Å². The van der Waals surface area contributed by atoms with Crippen molar-refractivity contribution in [1.82, 2.24) is 34.5 Å². The van der Waals surface area contributed by atoms with Crippen molar-refractivity contribution in [1.29, 1.82) is 5.26 Å². The van der Waals surface area contributed by atoms with Gasteiger partial charge in [-0.3, -0.25) is 34.0 Å². The van der Waals surface area contributed by atoms with Crippen LogP contribution in [0.3, 0.4) is 0 Å². The summed E-state index contributed by atoms with van der Waals surface area (Å²) in [5, 5.41) is 13.5. The van der Waals surface area contributed by atoms with Crippen molar-refractivity contribution in [2.75, 3.05) is 44.2 Å². The fourth-order valence-electron chi connectivity index (χ4n) is 7.27. The van der Waals surface area contributed by atoms with E-state index < -0.39 is 5.41 Å². The highest BCUT2D eigenvalue weighted by Crippen LogP contribution is 2.42. The number of rotatable bonds is 6. The average molecular weight is 639 g/mol. The first kappa shape index (κ1) is 29.8. The summed E-state index contributed by atoms with van der Waals surface area (Å²) in [5.41, 5.74) is 6.41. The number of pyridine rings is 2. The molecule has 0 unspecified atom stereocenters. The lowest BCUT2D eigenvalue weighted by molar-refractivity contribution is -0.132. The molecule has 0 N–H and O–H groups in total. The second kappa shape index (κ2) is 11.9. The van der Waals surface area contributed by atoms with Crippen LogP contribution in [0.4, 0.5) is 5.82 Å². The van der Waals surface area contributed by atoms with Crippen LogP contribution in [0.5, 0.6) is 0 Å². The summed E-state index contributed by atoms with van der Waals surface area (Å²) in [6, 6.07) is 17.8. The van der Waals surface area contributed by atoms with E-state index in [1.165, 1.54) is 11.8 Å². The highest BCUT2D eigenvalue weighted by Gasteiger charge is 2.51. The zero-order chi connectivity index (χ0) is 32.8. The van der Waals surface area contributed by atoms with Gasteiger partial charge in [0, 0.05) is 50.6 Å². The molecule has 0 radical (unpaired) electrons. The minimum absolute atomic E-state index is 0.0771. The molecule has 4 aliphatic rings. The topological polar surface area (TPSA) is 136 Å². The lowest BCUT2D eigenvalue weighted by Gasteiger charge is -2.29. The summed E-state index contributed by atoms with van der Waals surface area (Å²) < 4.78 is 1.69. The minimum Gasteiger partial charge on any atom is -0.338 e. The number of aromatic nitrogens is 5. The molecule has 48 heavy (non-hydrogen) atoms. The molecular formula is C36H34N10O2. The van der Waals surface area contributed by atoms with E-state index in [0.717, 1.165) is 48.2 Å². The van der Waals surface area contributed by atoms with Gasteiger partial charge in [0.25, 0.3) is 0 Å². The molecule has 0 saturated carbocycles. The summed E-state index contributed by atoms with van der Waals surface area (Å²) in [6.07, 6.45) is 7.64. The molecule has 7 heterocycles. The predicted octanol–water partition coefficient (Wildman–Crippen LogP) is 3.24. The fourth-order valence-corrected chi connectivity index (χ4v) is 7.27. The van der Waals surface area contributed by atoms with Crippen LogP contribution in [0.25, 0.3) is 17.0 Å². The summed E-state index contributed by atoms with van der Waals surface area (Å²) in [7, 11) is 1.85. The number of likely N-dealkylation sites (tertiary alicyclic amines) is 1. The lowest BCUT2D eigenvalue weighted by Crippen LogP contribution is -2.43. The third-order valence-corrected chi connectivity index (χ3v) is 9.99. The van der Waals surface area contributed by atoms with E-state index in [1.54, 1.807) is 28.0 Å². The van der Waals surface area contributed by atoms with Gasteiger partial charge < -0.3 is 4.90 Å². The molecule has 240 valence electrons. The quantitative estimate of drug-likeness (QED) is 0.314. The number of aryl methyl sites for hydroxylation is 1. The van der Waals surface area contributed by atoms with E-state index in [2.05, 4.69) is 49.2 Å². The molecule has 1 spiro atoms. The van der Waals surface area contributed by atoms with Gasteiger partial charge >= 0.3 is 0 Å². The third-order valence-electron chi connectivity index (χ3n) is 9.99. The molecule has 4 aromatic rings. The van der Waals surface area contributed by atoms with Crippen LogP contribution in [0.1, 0.15) is 47.3 Å². The standard InChI is InChI=1S/C36H34N10O2/c1-43-23-40-34(42-43)27-5-3-25(4-6-27)26-10-14-45(15-11-26)31(47)21-44-16-12-36(22-44)13-17-46(35(36)48)30-9-7-28-20-39-33(32(28)41-30)29-8-2-24(18-37)19-38-29/h2-10,19,23H,11-17,20-22H2,1H3/t36-/m0/s1. The Morgan fingerprint density at radius 2 is 1.83 bits per heavy atom. The number of carbonyl (C=O) groups excluding carboxylic acids is 2. The first-order chi connectivity index (χ1) is 23.4. The largest absolute Gasteiger partial charge is 0.338 e. The predicted molar refractivity (Wildman–Crippen MR) is 179 cm³/mol. The van der Waals surface area contributed by atoms with E-state index in [9.17, 15) is 9.59 Å². The second-order valence-corrected chi connectivity index (χ2v) is 13.0. The number of fused-ring (bicyclic) bond motifs is 1. The number of hydrogen-bond donors (Lipinski definition) is 0. The molecule has 2 saturated heterocycles. The molecule has 0 aliphatic carbocycles. The Morgan fingerprint density at radius 1 is 1.00 bits per heavy atom. The number of amides is 2. The van der Waals surface area contributed by atoms with E-state index in [1.807, 2.05) is 36.2 Å². The minimum atomic E-state index is -0.501. The Kier molecular flexibility index (Phi) is 7.41. The van der Waals surface area contributed by atoms with E-state index in [-0.39, 0.29) is 11.8 Å². The number of anilines is 1. The number of nitriles is 1. The van der Waals surface area contributed by atoms with Crippen molar-refractivity contribution >= 4 is 28.9 Å². The first-order valence-electron chi connectivity index (χ1n) is 16.3. The van der Waals surface area contributed by atoms with Crippen molar-refractivity contribution in [3.05, 3.63) is 95.2 Å². The van der Waals surface area contributed by atoms with Crippen LogP contribution in [0, 0.1) is 16.7 Å². The highest BCUT2D eigenvalue weighted by atomic mass is 16.2. The number of carbonyl (C=O) groups is 2. The van der Waals surface area contributed by atoms with E-state index >= 15 is 0 Å². The fraction of sp³-hybridized carbons (Fsp3) is 0.333. The molecule has 1 atom stereocenters. The van der Waals surface area contributed by atoms with Crippen molar-refractivity contribution in [2.24, 2.45) is 17.5 Å². The lowest BCUT2D eigenvalue weighted by atomic mass is 9.85. The molecule has 0 bridgehead atoms. The summed E-state index contributed by atoms with van der Waals surface area (Å²) in [5.74, 6) is 1.50. The molecule has 8 rings (SSSR count). The molecule has 3 aromatic heterocycles. The summed E-state index contributed by atoms with van der Waals surface area (Å²) in [4.78, 5) is 51.4. The molecule has 2 fully saturated rings. The Balaban J connectivity index is 0.883. The maximum absolute atomic E-state index is 13.9. The van der Waals surface area contributed by atoms with Crippen LogP contribution in [0.2, 0.25) is 0 Å². The van der Waals surface area contributed by atoms with Crippen LogP contribution in [-0.2, 0) is 23.2 Å². The van der Waals surface area contributed by atoms with Crippen LogP contribution >= 0.6 is 0 Å². The van der Waals surface area contributed by atoms with Gasteiger partial charge in [-0.15, -0.1) is 0 Å². The van der Waals surface area contributed by atoms with Gasteiger partial charge in [0.2, 0.25) is 11.8 Å². The number of aliphatic imine (C=N–C) groups is 1. The van der Waals surface area contributed by atoms with E-state index in [0.29, 0.717) is 67.9 Å². The Bertz CT molecular complexity index is 2020. The summed E-state index contributed by atoms with van der Waals surface area (Å²) >= 11 is 0. The van der Waals surface area contributed by atoms with Crippen LogP contribution < -0.4 is 4.90 Å². The zero-order valence-electron chi connectivity index (χ0n) is 26.7. The molecule has 4 aliphatic heterocycles. The van der Waals surface area contributed by atoms with Crippen LogP contribution in [-0.4, -0.2) is 91.3 Å². The second-order valence-electron chi connectivity index (χ2n) is 13.0. The monoisotopic (exact) mass is 638 g/mol. The van der Waals surface area contributed by atoms with Crippen molar-refractivity contribution in [3.63, 3.8) is 0 Å². The Hall–Kier alpha value is -5.54. The third kappa shape index (κ3) is 5.36. The average Bonchev–Trinajstić information content (AvgIpc) is 3.92. The highest BCUT2D eigenvalue weighted by molar-refractivity contribution is 6.13. The number of hydrogen-bond acceptors (Lipinski definition) is 9.